The van der Waals surface area contributed by atoms with Crippen LogP contribution in [-0.2, 0) is 0 Å². The van der Waals surface area contributed by atoms with Crippen LogP contribution >= 0.6 is 23.1 Å². The van der Waals surface area contributed by atoms with E-state index in [-0.39, 0.29) is 0 Å². The van der Waals surface area contributed by atoms with E-state index < -0.39 is 0 Å². The summed E-state index contributed by atoms with van der Waals surface area (Å²) in [7, 11) is 0. The highest BCUT2D eigenvalue weighted by molar-refractivity contribution is 7.99. The van der Waals surface area contributed by atoms with Crippen LogP contribution in [-0.4, -0.2) is 9.97 Å². The maximum absolute atomic E-state index is 8.90. The Morgan fingerprint density at radius 3 is 2.94 bits per heavy atom. The average Bonchev–Trinajstić information content (AvgIpc) is 2.83. The lowest BCUT2D eigenvalue weighted by Crippen LogP contribution is -1.92. The van der Waals surface area contributed by atoms with Crippen molar-refractivity contribution in [3.8, 4) is 6.07 Å². The second-order valence-electron chi connectivity index (χ2n) is 3.10. The summed E-state index contributed by atoms with van der Waals surface area (Å²) < 4.78 is 0. The number of nitriles is 1. The molecule has 0 fully saturated rings. The molecule has 2 heterocycles. The molecule has 2 aromatic rings. The van der Waals surface area contributed by atoms with E-state index in [0.29, 0.717) is 16.0 Å². The molecular formula is C11H9N3S2. The molecule has 0 N–H and O–H groups in total. The quantitative estimate of drug-likeness (QED) is 0.781. The van der Waals surface area contributed by atoms with Crippen molar-refractivity contribution in [3.05, 3.63) is 40.5 Å². The van der Waals surface area contributed by atoms with Crippen molar-refractivity contribution < 1.29 is 0 Å². The second-order valence-corrected chi connectivity index (χ2v) is 5.41. The van der Waals surface area contributed by atoms with E-state index in [1.165, 1.54) is 4.88 Å². The third-order valence-corrected chi connectivity index (χ3v) is 4.34. The lowest BCUT2D eigenvalue weighted by atomic mass is 10.4. The summed E-state index contributed by atoms with van der Waals surface area (Å²) in [4.78, 5) is 9.45. The number of rotatable bonds is 3. The number of hydrogen-bond donors (Lipinski definition) is 0. The molecule has 2 rings (SSSR count). The van der Waals surface area contributed by atoms with Gasteiger partial charge in [0.2, 0.25) is 0 Å². The first-order valence-electron chi connectivity index (χ1n) is 4.72. The van der Waals surface area contributed by atoms with Crippen LogP contribution in [0.4, 0.5) is 0 Å². The standard InChI is InChI=1S/C11H9N3S2/c1-8(10-3-2-6-15-10)16-11-9(7-12)13-4-5-14-11/h2-6,8H,1H3. The Bertz CT molecular complexity index is 502. The Morgan fingerprint density at radius 2 is 2.25 bits per heavy atom. The van der Waals surface area contributed by atoms with E-state index in [0.717, 1.165) is 0 Å². The predicted molar refractivity (Wildman–Crippen MR) is 65.3 cm³/mol. The lowest BCUT2D eigenvalue weighted by molar-refractivity contribution is 1.01. The maximum atomic E-state index is 8.90. The summed E-state index contributed by atoms with van der Waals surface area (Å²) in [6.07, 6.45) is 3.16. The minimum atomic E-state index is 0.295. The molecule has 3 nitrogen and oxygen atoms in total. The molecular weight excluding hydrogens is 238 g/mol. The molecule has 0 amide bonds. The molecule has 1 atom stereocenters. The van der Waals surface area contributed by atoms with Crippen LogP contribution in [0.15, 0.2) is 34.9 Å². The van der Waals surface area contributed by atoms with E-state index in [1.807, 2.05) is 11.4 Å². The maximum Gasteiger partial charge on any atom is 0.172 e. The number of thioether (sulfide) groups is 1. The molecule has 0 aliphatic carbocycles. The molecule has 5 heteroatoms. The molecule has 0 aromatic carbocycles. The van der Waals surface area contributed by atoms with Gasteiger partial charge in [0, 0.05) is 22.5 Å². The monoisotopic (exact) mass is 247 g/mol. The molecule has 1 unspecified atom stereocenters. The largest absolute Gasteiger partial charge is 0.245 e. The third-order valence-electron chi connectivity index (χ3n) is 2.00. The first-order chi connectivity index (χ1) is 7.81. The summed E-state index contributed by atoms with van der Waals surface area (Å²) in [5.41, 5.74) is 0.399. The van der Waals surface area contributed by atoms with Crippen molar-refractivity contribution in [1.82, 2.24) is 9.97 Å². The summed E-state index contributed by atoms with van der Waals surface area (Å²) in [5.74, 6) is 0. The predicted octanol–water partition coefficient (Wildman–Crippen LogP) is 3.26. The Balaban J connectivity index is 2.19. The Kier molecular flexibility index (Phi) is 3.54. The Labute approximate surface area is 102 Å². The van der Waals surface area contributed by atoms with Crippen LogP contribution in [0.25, 0.3) is 0 Å². The smallest absolute Gasteiger partial charge is 0.172 e. The zero-order valence-electron chi connectivity index (χ0n) is 8.62. The van der Waals surface area contributed by atoms with Crippen LogP contribution in [0.2, 0.25) is 0 Å². The van der Waals surface area contributed by atoms with Gasteiger partial charge in [0.1, 0.15) is 11.1 Å². The number of thiophene rings is 1. The fourth-order valence-corrected chi connectivity index (χ4v) is 3.07. The minimum Gasteiger partial charge on any atom is -0.245 e. The molecule has 2 aromatic heterocycles. The van der Waals surface area contributed by atoms with Crippen molar-refractivity contribution in [1.29, 1.82) is 5.26 Å². The SMILES string of the molecule is CC(Sc1nccnc1C#N)c1cccs1. The van der Waals surface area contributed by atoms with Crippen LogP contribution < -0.4 is 0 Å². The van der Waals surface area contributed by atoms with Crippen LogP contribution in [0.3, 0.4) is 0 Å². The van der Waals surface area contributed by atoms with Crippen molar-refractivity contribution in [2.45, 2.75) is 17.2 Å². The molecule has 0 aliphatic rings. The van der Waals surface area contributed by atoms with Gasteiger partial charge in [-0.05, 0) is 18.4 Å². The van der Waals surface area contributed by atoms with Gasteiger partial charge < -0.3 is 0 Å². The highest BCUT2D eigenvalue weighted by atomic mass is 32.2. The van der Waals surface area contributed by atoms with Gasteiger partial charge in [0.25, 0.3) is 0 Å². The molecule has 0 aliphatic heterocycles. The van der Waals surface area contributed by atoms with Gasteiger partial charge >= 0.3 is 0 Å². The van der Waals surface area contributed by atoms with E-state index in [2.05, 4.69) is 29.0 Å². The topological polar surface area (TPSA) is 49.6 Å². The number of nitrogens with zero attached hydrogens (tertiary/aromatic N) is 3. The van der Waals surface area contributed by atoms with Gasteiger partial charge in [-0.1, -0.05) is 17.8 Å². The average molecular weight is 247 g/mol. The Hall–Kier alpha value is -1.38. The van der Waals surface area contributed by atoms with Crippen molar-refractivity contribution >= 4 is 23.1 Å². The van der Waals surface area contributed by atoms with Gasteiger partial charge in [-0.2, -0.15) is 5.26 Å². The van der Waals surface area contributed by atoms with E-state index in [4.69, 9.17) is 5.26 Å². The van der Waals surface area contributed by atoms with E-state index >= 15 is 0 Å². The zero-order valence-corrected chi connectivity index (χ0v) is 10.3. The van der Waals surface area contributed by atoms with E-state index in [1.54, 1.807) is 35.5 Å². The van der Waals surface area contributed by atoms with Crippen molar-refractivity contribution in [2.24, 2.45) is 0 Å². The molecule has 0 saturated carbocycles. The first kappa shape index (κ1) is 11.1. The molecule has 0 bridgehead atoms. The third kappa shape index (κ3) is 2.40. The van der Waals surface area contributed by atoms with Crippen molar-refractivity contribution in [3.63, 3.8) is 0 Å². The minimum absolute atomic E-state index is 0.295. The zero-order chi connectivity index (χ0) is 11.4. The first-order valence-corrected chi connectivity index (χ1v) is 6.48. The molecule has 80 valence electrons. The second kappa shape index (κ2) is 5.10. The molecule has 0 saturated heterocycles. The Morgan fingerprint density at radius 1 is 1.44 bits per heavy atom. The lowest BCUT2D eigenvalue weighted by Gasteiger charge is -2.08. The molecule has 0 spiro atoms. The van der Waals surface area contributed by atoms with Gasteiger partial charge in [-0.15, -0.1) is 11.3 Å². The highest BCUT2D eigenvalue weighted by Gasteiger charge is 2.12. The van der Waals surface area contributed by atoms with Gasteiger partial charge in [0.05, 0.1) is 0 Å². The van der Waals surface area contributed by atoms with Crippen LogP contribution in [0.1, 0.15) is 22.7 Å². The highest BCUT2D eigenvalue weighted by Crippen LogP contribution is 2.36. The summed E-state index contributed by atoms with van der Waals surface area (Å²) in [6, 6.07) is 6.17. The molecule has 0 radical (unpaired) electrons. The van der Waals surface area contributed by atoms with Crippen molar-refractivity contribution in [2.75, 3.05) is 0 Å². The van der Waals surface area contributed by atoms with Gasteiger partial charge in [0.15, 0.2) is 5.69 Å². The normalized spacial score (nSPS) is 12.0. The summed E-state index contributed by atoms with van der Waals surface area (Å²) in [5, 5.41) is 11.9. The van der Waals surface area contributed by atoms with Crippen LogP contribution in [0, 0.1) is 11.3 Å². The fourth-order valence-electron chi connectivity index (χ4n) is 1.24. The van der Waals surface area contributed by atoms with Gasteiger partial charge in [-0.3, -0.25) is 0 Å². The molecule has 16 heavy (non-hydrogen) atoms. The van der Waals surface area contributed by atoms with Crippen LogP contribution in [0.5, 0.6) is 0 Å². The summed E-state index contributed by atoms with van der Waals surface area (Å²) in [6.45, 7) is 2.10. The fraction of sp³-hybridized carbons (Fsp3) is 0.182. The number of hydrogen-bond acceptors (Lipinski definition) is 5. The summed E-state index contributed by atoms with van der Waals surface area (Å²) >= 11 is 3.28. The van der Waals surface area contributed by atoms with Gasteiger partial charge in [-0.25, -0.2) is 9.97 Å². The number of aromatic nitrogens is 2. The van der Waals surface area contributed by atoms with E-state index in [9.17, 15) is 0 Å².